The Balaban J connectivity index is 4.29. The van der Waals surface area contributed by atoms with Gasteiger partial charge in [0, 0.05) is 19.3 Å². The van der Waals surface area contributed by atoms with Crippen LogP contribution < -0.4 is 0 Å². The minimum absolute atomic E-state index is 0.0814. The van der Waals surface area contributed by atoms with Gasteiger partial charge in [-0.25, -0.2) is 0 Å². The summed E-state index contributed by atoms with van der Waals surface area (Å²) in [7, 11) is 0. The van der Waals surface area contributed by atoms with E-state index in [1.165, 1.54) is 186 Å². The molecule has 0 saturated carbocycles. The monoisotopic (exact) mass is 1100 g/mol. The number of carbonyl (C=O) groups excluding carboxylic acids is 3. The third-order valence-corrected chi connectivity index (χ3v) is 14.5. The maximum absolute atomic E-state index is 12.9. The largest absolute Gasteiger partial charge is 0.462 e. The molecule has 0 aromatic carbocycles. The molecule has 0 rings (SSSR count). The van der Waals surface area contributed by atoms with Crippen molar-refractivity contribution < 1.29 is 28.6 Å². The maximum Gasteiger partial charge on any atom is 0.306 e. The van der Waals surface area contributed by atoms with Crippen LogP contribution in [-0.4, -0.2) is 37.2 Å². The number of unbranched alkanes of at least 4 members (excludes halogenated alkanes) is 34. The van der Waals surface area contributed by atoms with Crippen LogP contribution in [0.1, 0.15) is 329 Å². The van der Waals surface area contributed by atoms with E-state index in [4.69, 9.17) is 14.2 Å². The molecular weight excluding hydrogens is 973 g/mol. The molecule has 79 heavy (non-hydrogen) atoms. The van der Waals surface area contributed by atoms with Gasteiger partial charge in [-0.2, -0.15) is 0 Å². The molecule has 454 valence electrons. The second-order valence-electron chi connectivity index (χ2n) is 22.3. The quantitative estimate of drug-likeness (QED) is 0.0261. The van der Waals surface area contributed by atoms with Crippen molar-refractivity contribution in [2.45, 2.75) is 335 Å². The van der Waals surface area contributed by atoms with Gasteiger partial charge in [0.2, 0.25) is 0 Å². The van der Waals surface area contributed by atoms with Crippen LogP contribution in [0.15, 0.2) is 97.2 Å². The number of hydrogen-bond acceptors (Lipinski definition) is 6. The van der Waals surface area contributed by atoms with Crippen molar-refractivity contribution in [3.8, 4) is 0 Å². The highest BCUT2D eigenvalue weighted by Crippen LogP contribution is 2.16. The lowest BCUT2D eigenvalue weighted by Gasteiger charge is -2.18. The van der Waals surface area contributed by atoms with Gasteiger partial charge in [0.05, 0.1) is 0 Å². The molecule has 6 heteroatoms. The highest BCUT2D eigenvalue weighted by Gasteiger charge is 2.19. The van der Waals surface area contributed by atoms with E-state index in [-0.39, 0.29) is 31.1 Å². The third-order valence-electron chi connectivity index (χ3n) is 14.5. The molecule has 0 spiro atoms. The summed E-state index contributed by atoms with van der Waals surface area (Å²) in [5, 5.41) is 0. The SMILES string of the molecule is CC/C=C\C/C=C\C/C=C\C/C=C\C/C=C\C/C=C\CCCCCCCCCCCCC(=O)OCC(COC(=O)CCCCCCC/C=C\CCCCCC)OC(=O)CCCCCCCCCCC/C=C\CCCCCCCC. The zero-order valence-electron chi connectivity index (χ0n) is 52.1. The van der Waals surface area contributed by atoms with Crippen LogP contribution in [-0.2, 0) is 28.6 Å². The second kappa shape index (κ2) is 66.8. The highest BCUT2D eigenvalue weighted by atomic mass is 16.6. The minimum Gasteiger partial charge on any atom is -0.462 e. The Labute approximate surface area is 489 Å². The van der Waals surface area contributed by atoms with Crippen LogP contribution in [0.4, 0.5) is 0 Å². The van der Waals surface area contributed by atoms with Crippen LogP contribution in [0.25, 0.3) is 0 Å². The predicted octanol–water partition coefficient (Wildman–Crippen LogP) is 23.2. The fourth-order valence-corrected chi connectivity index (χ4v) is 9.50. The number of esters is 3. The van der Waals surface area contributed by atoms with Gasteiger partial charge in [-0.1, -0.05) is 285 Å². The van der Waals surface area contributed by atoms with Crippen LogP contribution in [0.2, 0.25) is 0 Å². The zero-order valence-corrected chi connectivity index (χ0v) is 52.1. The summed E-state index contributed by atoms with van der Waals surface area (Å²) in [5.74, 6) is -0.884. The van der Waals surface area contributed by atoms with Crippen molar-refractivity contribution in [3.05, 3.63) is 97.2 Å². The van der Waals surface area contributed by atoms with Gasteiger partial charge in [0.25, 0.3) is 0 Å². The minimum atomic E-state index is -0.785. The van der Waals surface area contributed by atoms with Crippen molar-refractivity contribution in [1.29, 1.82) is 0 Å². The number of carbonyl (C=O) groups is 3. The molecule has 0 heterocycles. The van der Waals surface area contributed by atoms with E-state index in [2.05, 4.69) is 118 Å². The molecule has 1 atom stereocenters. The van der Waals surface area contributed by atoms with Gasteiger partial charge in [-0.3, -0.25) is 14.4 Å². The number of rotatable bonds is 61. The van der Waals surface area contributed by atoms with E-state index >= 15 is 0 Å². The molecule has 1 unspecified atom stereocenters. The molecule has 0 aliphatic carbocycles. The Morgan fingerprint density at radius 2 is 0.494 bits per heavy atom. The van der Waals surface area contributed by atoms with E-state index in [0.717, 1.165) is 103 Å². The Morgan fingerprint density at radius 3 is 0.797 bits per heavy atom. The summed E-state index contributed by atoms with van der Waals surface area (Å²) in [6.07, 6.45) is 89.9. The molecule has 0 N–H and O–H groups in total. The lowest BCUT2D eigenvalue weighted by Crippen LogP contribution is -2.30. The Morgan fingerprint density at radius 1 is 0.266 bits per heavy atom. The average molecular weight is 1100 g/mol. The van der Waals surface area contributed by atoms with E-state index in [1.54, 1.807) is 0 Å². The van der Waals surface area contributed by atoms with Crippen molar-refractivity contribution in [3.63, 3.8) is 0 Å². The molecule has 0 bridgehead atoms. The molecular formula is C73H126O6. The number of hydrogen-bond donors (Lipinski definition) is 0. The van der Waals surface area contributed by atoms with E-state index in [9.17, 15) is 14.4 Å². The molecule has 0 saturated heterocycles. The first-order valence-electron chi connectivity index (χ1n) is 33.7. The van der Waals surface area contributed by atoms with E-state index in [1.807, 2.05) is 0 Å². The molecule has 0 aromatic heterocycles. The molecule has 0 fully saturated rings. The molecule has 6 nitrogen and oxygen atoms in total. The molecule has 0 amide bonds. The topological polar surface area (TPSA) is 78.9 Å². The Kier molecular flexibility index (Phi) is 63.7. The number of ether oxygens (including phenoxy) is 3. The summed E-state index contributed by atoms with van der Waals surface area (Å²) in [5.41, 5.74) is 0. The van der Waals surface area contributed by atoms with Gasteiger partial charge in [0.1, 0.15) is 13.2 Å². The maximum atomic E-state index is 12.9. The van der Waals surface area contributed by atoms with E-state index < -0.39 is 6.10 Å². The average Bonchev–Trinajstić information content (AvgIpc) is 3.45. The fraction of sp³-hybridized carbons (Fsp3) is 0.740. The zero-order chi connectivity index (χ0) is 57.1. The molecule has 0 aliphatic rings. The number of allylic oxidation sites excluding steroid dienone is 16. The van der Waals surface area contributed by atoms with Gasteiger partial charge in [-0.15, -0.1) is 0 Å². The fourth-order valence-electron chi connectivity index (χ4n) is 9.50. The molecule has 0 radical (unpaired) electrons. The van der Waals surface area contributed by atoms with Crippen molar-refractivity contribution in [2.24, 2.45) is 0 Å². The normalized spacial score (nSPS) is 12.7. The van der Waals surface area contributed by atoms with Crippen LogP contribution in [0, 0.1) is 0 Å². The van der Waals surface area contributed by atoms with E-state index in [0.29, 0.717) is 19.3 Å². The van der Waals surface area contributed by atoms with Gasteiger partial charge in [-0.05, 0) is 122 Å². The van der Waals surface area contributed by atoms with Crippen LogP contribution in [0.5, 0.6) is 0 Å². The summed E-state index contributed by atoms with van der Waals surface area (Å²) in [6.45, 7) is 6.53. The standard InChI is InChI=1S/C73H126O6/c1-4-7-10-13-16-19-22-25-27-29-31-32-33-34-35-36-37-38-39-40-42-43-45-48-51-54-57-60-63-66-72(75)78-69-70(68-77-71(74)65-62-59-56-53-50-47-24-21-18-15-12-9-6-3)79-73(76)67-64-61-58-55-52-49-46-44-41-30-28-26-23-20-17-14-11-8-5-2/h7,10,16,19,21,24-28,31-32,34-35,37-38,70H,4-6,8-9,11-15,17-18,20,22-23,29-30,33,36,39-69H2,1-3H3/b10-7-,19-16-,24-21-,27-25-,28-26-,32-31-,35-34-,38-37-. The first kappa shape index (κ1) is 75.3. The van der Waals surface area contributed by atoms with Crippen molar-refractivity contribution in [2.75, 3.05) is 13.2 Å². The first-order chi connectivity index (χ1) is 39.0. The van der Waals surface area contributed by atoms with Gasteiger partial charge >= 0.3 is 17.9 Å². The first-order valence-corrected chi connectivity index (χ1v) is 33.7. The van der Waals surface area contributed by atoms with Gasteiger partial charge < -0.3 is 14.2 Å². The second-order valence-corrected chi connectivity index (χ2v) is 22.3. The third kappa shape index (κ3) is 65.0. The van der Waals surface area contributed by atoms with Gasteiger partial charge in [0.15, 0.2) is 6.10 Å². The summed E-state index contributed by atoms with van der Waals surface area (Å²) in [4.78, 5) is 38.4. The smallest absolute Gasteiger partial charge is 0.306 e. The Hall–Kier alpha value is -3.67. The summed E-state index contributed by atoms with van der Waals surface area (Å²) >= 11 is 0. The lowest BCUT2D eigenvalue weighted by atomic mass is 10.0. The molecule has 0 aliphatic heterocycles. The Bertz CT molecular complexity index is 1540. The highest BCUT2D eigenvalue weighted by molar-refractivity contribution is 5.71. The van der Waals surface area contributed by atoms with Crippen LogP contribution >= 0.6 is 0 Å². The summed E-state index contributed by atoms with van der Waals surface area (Å²) in [6, 6.07) is 0. The van der Waals surface area contributed by atoms with Crippen molar-refractivity contribution >= 4 is 17.9 Å². The summed E-state index contributed by atoms with van der Waals surface area (Å²) < 4.78 is 16.9. The lowest BCUT2D eigenvalue weighted by molar-refractivity contribution is -0.167. The molecule has 0 aromatic rings. The predicted molar refractivity (Wildman–Crippen MR) is 344 cm³/mol. The van der Waals surface area contributed by atoms with Crippen LogP contribution in [0.3, 0.4) is 0 Å². The van der Waals surface area contributed by atoms with Crippen molar-refractivity contribution in [1.82, 2.24) is 0 Å².